The molecule has 220 valence electrons. The molecule has 0 amide bonds. The van der Waals surface area contributed by atoms with E-state index in [0.29, 0.717) is 28.3 Å². The number of likely N-dealkylation sites (tertiary alicyclic amines) is 1. The summed E-state index contributed by atoms with van der Waals surface area (Å²) in [6.45, 7) is 7.18. The fourth-order valence-corrected chi connectivity index (χ4v) is 6.61. The van der Waals surface area contributed by atoms with E-state index in [2.05, 4.69) is 76.1 Å². The lowest BCUT2D eigenvalue weighted by Gasteiger charge is -2.32. The maximum Gasteiger partial charge on any atom is 0.281 e. The van der Waals surface area contributed by atoms with Gasteiger partial charge in [0.15, 0.2) is 16.9 Å². The Labute approximate surface area is 251 Å². The van der Waals surface area contributed by atoms with Crippen molar-refractivity contribution in [3.05, 3.63) is 105 Å². The van der Waals surface area contributed by atoms with Crippen LogP contribution in [0.15, 0.2) is 86.0 Å². The molecule has 0 atom stereocenters. The van der Waals surface area contributed by atoms with Crippen LogP contribution in [0.4, 0.5) is 5.82 Å². The van der Waals surface area contributed by atoms with E-state index in [4.69, 9.17) is 9.52 Å². The largest absolute Gasteiger partial charge is 0.453 e. The summed E-state index contributed by atoms with van der Waals surface area (Å²) < 4.78 is 7.71. The van der Waals surface area contributed by atoms with E-state index in [1.807, 2.05) is 17.1 Å². The van der Waals surface area contributed by atoms with Gasteiger partial charge in [-0.05, 0) is 74.4 Å². The number of piperidine rings is 1. The highest BCUT2D eigenvalue weighted by Crippen LogP contribution is 2.29. The second kappa shape index (κ2) is 11.8. The zero-order valence-electron chi connectivity index (χ0n) is 24.8. The number of nitrogens with zero attached hydrogens (tertiary/aromatic N) is 6. The van der Waals surface area contributed by atoms with E-state index in [1.54, 1.807) is 7.05 Å². The molecule has 4 heterocycles. The fourth-order valence-electron chi connectivity index (χ4n) is 6.61. The summed E-state index contributed by atoms with van der Waals surface area (Å²) in [6.07, 6.45) is 7.95. The van der Waals surface area contributed by atoms with Gasteiger partial charge in [-0.3, -0.25) is 14.3 Å². The predicted molar refractivity (Wildman–Crippen MR) is 169 cm³/mol. The number of rotatable bonds is 7. The summed E-state index contributed by atoms with van der Waals surface area (Å²) in [5.41, 5.74) is 3.93. The zero-order valence-corrected chi connectivity index (χ0v) is 24.8. The number of hydrogen-bond acceptors (Lipinski definition) is 7. The fraction of sp³-hybridized carbons (Fsp3) is 0.371. The van der Waals surface area contributed by atoms with Gasteiger partial charge in [0.1, 0.15) is 11.2 Å². The summed E-state index contributed by atoms with van der Waals surface area (Å²) in [5.74, 6) is 2.94. The Morgan fingerprint density at radius 1 is 0.884 bits per heavy atom. The van der Waals surface area contributed by atoms with Gasteiger partial charge in [-0.1, -0.05) is 74.0 Å². The summed E-state index contributed by atoms with van der Waals surface area (Å²) in [6, 6.07) is 23.5. The molecule has 7 rings (SSSR count). The molecule has 1 saturated carbocycles. The van der Waals surface area contributed by atoms with Crippen molar-refractivity contribution < 1.29 is 4.42 Å². The number of benzene rings is 2. The smallest absolute Gasteiger partial charge is 0.281 e. The molecule has 1 saturated heterocycles. The van der Waals surface area contributed by atoms with Crippen LogP contribution in [-0.4, -0.2) is 39.4 Å². The quantitative estimate of drug-likeness (QED) is 0.321. The topological polar surface area (TPSA) is 79.2 Å². The molecule has 2 aromatic heterocycles. The molecule has 1 aliphatic carbocycles. The summed E-state index contributed by atoms with van der Waals surface area (Å²) in [7, 11) is 1.67. The molecule has 0 bridgehead atoms. The molecule has 8 heteroatoms. The molecule has 2 fully saturated rings. The maximum atomic E-state index is 13.1. The van der Waals surface area contributed by atoms with Crippen molar-refractivity contribution >= 4 is 18.2 Å². The minimum absolute atomic E-state index is 0.180. The first-order valence-electron chi connectivity index (χ1n) is 15.5. The highest BCUT2D eigenvalue weighted by atomic mass is 16.3. The van der Waals surface area contributed by atoms with Crippen LogP contribution in [0.5, 0.6) is 0 Å². The van der Waals surface area contributed by atoms with Gasteiger partial charge in [-0.25, -0.2) is 15.0 Å². The predicted octanol–water partition coefficient (Wildman–Crippen LogP) is 4.65. The molecular formula is C35H38N6O2. The van der Waals surface area contributed by atoms with Crippen LogP contribution in [0.2, 0.25) is 0 Å². The lowest BCUT2D eigenvalue weighted by atomic mass is 9.90. The van der Waals surface area contributed by atoms with Crippen molar-refractivity contribution in [1.29, 1.82) is 0 Å². The Kier molecular flexibility index (Phi) is 7.53. The number of hydrazone groups is 1. The van der Waals surface area contributed by atoms with Crippen molar-refractivity contribution in [1.82, 2.24) is 14.5 Å². The van der Waals surface area contributed by atoms with Gasteiger partial charge in [0.05, 0.1) is 6.04 Å². The molecule has 3 aliphatic rings. The first-order chi connectivity index (χ1) is 21.0. The standard InChI is InChI=1S/C35H38N6O2/c1-24-36-34-32(35(42)39(24)2)37-33(38-41(34)29-10-6-7-11-29)31-17-16-30(43-31)28-14-12-27(13-15-28)23-40-20-18-26(19-21-40)22-25-8-4-3-5-9-25/h3-5,8-9,12-17,26,29H,1,6-7,10-11,18-23H2,2H3. The average molecular weight is 575 g/mol. The van der Waals surface area contributed by atoms with Crippen molar-refractivity contribution in [3.63, 3.8) is 0 Å². The number of fused-ring (bicyclic) bond motifs is 1. The molecule has 0 spiro atoms. The van der Waals surface area contributed by atoms with Crippen molar-refractivity contribution in [2.45, 2.75) is 57.5 Å². The third-order valence-electron chi connectivity index (χ3n) is 9.19. The Bertz CT molecular complexity index is 1790. The maximum absolute atomic E-state index is 13.1. The first kappa shape index (κ1) is 27.5. The Morgan fingerprint density at radius 3 is 2.35 bits per heavy atom. The number of hydrogen-bond donors (Lipinski definition) is 0. The van der Waals surface area contributed by atoms with Crippen LogP contribution in [0, 0.1) is 5.92 Å². The number of anilines is 1. The van der Waals surface area contributed by atoms with E-state index in [0.717, 1.165) is 62.6 Å². The summed E-state index contributed by atoms with van der Waals surface area (Å²) in [4.78, 5) is 24.9. The van der Waals surface area contributed by atoms with Gasteiger partial charge in [-0.2, -0.15) is 0 Å². The Hall–Kier alpha value is -4.30. The minimum Gasteiger partial charge on any atom is -0.453 e. The molecule has 0 radical (unpaired) electrons. The molecular weight excluding hydrogens is 536 g/mol. The van der Waals surface area contributed by atoms with Crippen LogP contribution in [0.3, 0.4) is 0 Å². The van der Waals surface area contributed by atoms with E-state index < -0.39 is 0 Å². The van der Waals surface area contributed by atoms with Gasteiger partial charge < -0.3 is 4.42 Å². The van der Waals surface area contributed by atoms with E-state index in [-0.39, 0.29) is 11.6 Å². The van der Waals surface area contributed by atoms with Crippen LogP contribution in [0.25, 0.3) is 17.9 Å². The van der Waals surface area contributed by atoms with Gasteiger partial charge >= 0.3 is 0 Å². The first-order valence-corrected chi connectivity index (χ1v) is 15.5. The molecule has 0 N–H and O–H groups in total. The zero-order chi connectivity index (χ0) is 29.3. The van der Waals surface area contributed by atoms with Crippen molar-refractivity contribution in [2.24, 2.45) is 23.1 Å². The summed E-state index contributed by atoms with van der Waals surface area (Å²) >= 11 is 0. The molecule has 2 aliphatic heterocycles. The van der Waals surface area contributed by atoms with Crippen molar-refractivity contribution in [2.75, 3.05) is 18.1 Å². The van der Waals surface area contributed by atoms with Crippen LogP contribution >= 0.6 is 0 Å². The molecule has 4 aromatic rings. The van der Waals surface area contributed by atoms with Gasteiger partial charge in [0.25, 0.3) is 5.56 Å². The normalized spacial score (nSPS) is 18.0. The Morgan fingerprint density at radius 2 is 1.60 bits per heavy atom. The summed E-state index contributed by atoms with van der Waals surface area (Å²) in [5, 5.41) is 7.01. The second-order valence-electron chi connectivity index (χ2n) is 12.2. The number of aromatic nitrogens is 2. The third kappa shape index (κ3) is 5.71. The average Bonchev–Trinajstić information content (AvgIpc) is 3.75. The number of furan rings is 1. The molecule has 0 unspecified atom stereocenters. The SMILES string of the molecule is C=c1nc2c(c(=O)n1C)=NC(c1ccc(-c3ccc(CN4CCC(Cc5ccccc5)CC4)cc3)o1)=NN2C1CCCC1. The van der Waals surface area contributed by atoms with Gasteiger partial charge in [-0.15, -0.1) is 5.10 Å². The molecule has 8 nitrogen and oxygen atoms in total. The van der Waals surface area contributed by atoms with Crippen LogP contribution < -0.4 is 21.4 Å². The molecule has 43 heavy (non-hydrogen) atoms. The monoisotopic (exact) mass is 574 g/mol. The van der Waals surface area contributed by atoms with E-state index in [9.17, 15) is 4.79 Å². The van der Waals surface area contributed by atoms with Crippen molar-refractivity contribution in [3.8, 4) is 11.3 Å². The second-order valence-corrected chi connectivity index (χ2v) is 12.2. The lowest BCUT2D eigenvalue weighted by molar-refractivity contribution is 0.177. The van der Waals surface area contributed by atoms with E-state index in [1.165, 1.54) is 35.0 Å². The third-order valence-corrected chi connectivity index (χ3v) is 9.19. The Balaban J connectivity index is 1.05. The number of amidine groups is 1. The van der Waals surface area contributed by atoms with E-state index >= 15 is 0 Å². The van der Waals surface area contributed by atoms with Crippen LogP contribution in [0.1, 0.15) is 55.4 Å². The highest BCUT2D eigenvalue weighted by Gasteiger charge is 2.30. The molecule has 2 aromatic carbocycles. The minimum atomic E-state index is -0.229. The van der Waals surface area contributed by atoms with Crippen LogP contribution in [-0.2, 0) is 20.0 Å². The lowest BCUT2D eigenvalue weighted by Crippen LogP contribution is -2.49. The highest BCUT2D eigenvalue weighted by molar-refractivity contribution is 5.99. The van der Waals surface area contributed by atoms with Gasteiger partial charge in [0.2, 0.25) is 5.84 Å². The van der Waals surface area contributed by atoms with Gasteiger partial charge in [0, 0.05) is 19.2 Å².